The Morgan fingerprint density at radius 1 is 1.05 bits per heavy atom. The molecule has 0 radical (unpaired) electrons. The molecule has 0 saturated heterocycles. The number of hydrogen-bond acceptors (Lipinski definition) is 3. The number of aliphatic imine (C=N–C) groups is 1. The third-order valence-corrected chi connectivity index (χ3v) is 3.22. The summed E-state index contributed by atoms with van der Waals surface area (Å²) in [4.78, 5) is 4.62. The van der Waals surface area contributed by atoms with Crippen LogP contribution in [0, 0.1) is 0 Å². The van der Waals surface area contributed by atoms with Crippen molar-refractivity contribution in [2.75, 3.05) is 6.61 Å². The second kappa shape index (κ2) is 5.24. The minimum absolute atomic E-state index is 0.0558. The first-order valence-corrected chi connectivity index (χ1v) is 6.32. The van der Waals surface area contributed by atoms with E-state index in [2.05, 4.69) is 17.1 Å². The maximum absolute atomic E-state index is 9.02. The minimum atomic E-state index is 0.0558. The SMILES string of the molecule is OCc1ccc(C2=N[C@@H](c3ccccc3)CO2)cc1. The van der Waals surface area contributed by atoms with Crippen molar-refractivity contribution in [2.24, 2.45) is 4.99 Å². The number of hydrogen-bond donors (Lipinski definition) is 1. The van der Waals surface area contributed by atoms with E-state index in [9.17, 15) is 0 Å². The first-order valence-electron chi connectivity index (χ1n) is 6.32. The standard InChI is InChI=1S/C16H15NO2/c18-10-12-6-8-14(9-7-12)16-17-15(11-19-16)13-4-2-1-3-5-13/h1-9,15,18H,10-11H2/t15-/m1/s1. The number of rotatable bonds is 3. The lowest BCUT2D eigenvalue weighted by atomic mass is 10.1. The van der Waals surface area contributed by atoms with Crippen LogP contribution < -0.4 is 0 Å². The second-order valence-corrected chi connectivity index (χ2v) is 4.53. The van der Waals surface area contributed by atoms with Gasteiger partial charge in [-0.1, -0.05) is 42.5 Å². The topological polar surface area (TPSA) is 41.8 Å². The van der Waals surface area contributed by atoms with Gasteiger partial charge < -0.3 is 9.84 Å². The van der Waals surface area contributed by atoms with Crippen molar-refractivity contribution in [3.63, 3.8) is 0 Å². The first-order chi connectivity index (χ1) is 9.36. The van der Waals surface area contributed by atoms with Gasteiger partial charge in [0.2, 0.25) is 5.90 Å². The molecule has 0 aliphatic carbocycles. The van der Waals surface area contributed by atoms with E-state index in [1.807, 2.05) is 42.5 Å². The Morgan fingerprint density at radius 2 is 1.79 bits per heavy atom. The third kappa shape index (κ3) is 2.51. The molecule has 0 unspecified atom stereocenters. The van der Waals surface area contributed by atoms with Crippen LogP contribution in [-0.4, -0.2) is 17.6 Å². The summed E-state index contributed by atoms with van der Waals surface area (Å²) in [5.41, 5.74) is 3.02. The molecule has 0 saturated carbocycles. The van der Waals surface area contributed by atoms with E-state index in [-0.39, 0.29) is 12.6 Å². The smallest absolute Gasteiger partial charge is 0.216 e. The van der Waals surface area contributed by atoms with Crippen molar-refractivity contribution in [3.8, 4) is 0 Å². The molecule has 0 bridgehead atoms. The number of aliphatic hydroxyl groups is 1. The molecule has 96 valence electrons. The molecule has 3 rings (SSSR count). The normalized spacial score (nSPS) is 17.9. The second-order valence-electron chi connectivity index (χ2n) is 4.53. The molecule has 0 fully saturated rings. The third-order valence-electron chi connectivity index (χ3n) is 3.22. The summed E-state index contributed by atoms with van der Waals surface area (Å²) in [6, 6.07) is 17.9. The first kappa shape index (κ1) is 11.9. The van der Waals surface area contributed by atoms with Gasteiger partial charge in [-0.3, -0.25) is 0 Å². The van der Waals surface area contributed by atoms with Gasteiger partial charge >= 0.3 is 0 Å². The van der Waals surface area contributed by atoms with E-state index in [1.54, 1.807) is 0 Å². The molecule has 1 aliphatic rings. The molecule has 1 N–H and O–H groups in total. The van der Waals surface area contributed by atoms with Gasteiger partial charge in [0, 0.05) is 5.56 Å². The van der Waals surface area contributed by atoms with Crippen molar-refractivity contribution in [2.45, 2.75) is 12.6 Å². The molecule has 0 aromatic heterocycles. The fraction of sp³-hybridized carbons (Fsp3) is 0.188. The van der Waals surface area contributed by atoms with Crippen LogP contribution in [0.3, 0.4) is 0 Å². The van der Waals surface area contributed by atoms with Crippen molar-refractivity contribution in [3.05, 3.63) is 71.3 Å². The van der Waals surface area contributed by atoms with Gasteiger partial charge in [-0.05, 0) is 23.3 Å². The zero-order valence-corrected chi connectivity index (χ0v) is 10.5. The summed E-state index contributed by atoms with van der Waals surface area (Å²) in [6.07, 6.45) is 0. The average molecular weight is 253 g/mol. The summed E-state index contributed by atoms with van der Waals surface area (Å²) in [7, 11) is 0. The highest BCUT2D eigenvalue weighted by atomic mass is 16.5. The molecule has 1 aliphatic heterocycles. The summed E-state index contributed by atoms with van der Waals surface area (Å²) < 4.78 is 5.67. The van der Waals surface area contributed by atoms with Gasteiger partial charge in [0.15, 0.2) is 0 Å². The molecule has 3 nitrogen and oxygen atoms in total. The molecule has 3 heteroatoms. The lowest BCUT2D eigenvalue weighted by molar-refractivity contribution is 0.282. The zero-order valence-electron chi connectivity index (χ0n) is 10.5. The van der Waals surface area contributed by atoms with Gasteiger partial charge in [-0.15, -0.1) is 0 Å². The molecule has 0 amide bonds. The average Bonchev–Trinajstić information content (AvgIpc) is 2.98. The largest absolute Gasteiger partial charge is 0.475 e. The van der Waals surface area contributed by atoms with Crippen LogP contribution in [0.2, 0.25) is 0 Å². The lowest BCUT2D eigenvalue weighted by Gasteiger charge is -2.03. The highest BCUT2D eigenvalue weighted by Crippen LogP contribution is 2.24. The number of nitrogens with zero attached hydrogens (tertiary/aromatic N) is 1. The molecule has 1 heterocycles. The fourth-order valence-corrected chi connectivity index (χ4v) is 2.13. The quantitative estimate of drug-likeness (QED) is 0.913. The van der Waals surface area contributed by atoms with E-state index in [0.29, 0.717) is 12.5 Å². The summed E-state index contributed by atoms with van der Waals surface area (Å²) >= 11 is 0. The maximum Gasteiger partial charge on any atom is 0.216 e. The van der Waals surface area contributed by atoms with Crippen LogP contribution in [0.1, 0.15) is 22.7 Å². The van der Waals surface area contributed by atoms with Crippen LogP contribution in [0.15, 0.2) is 59.6 Å². The molecular formula is C16H15NO2. The molecule has 2 aromatic carbocycles. The van der Waals surface area contributed by atoms with Crippen LogP contribution in [0.5, 0.6) is 0 Å². The van der Waals surface area contributed by atoms with Gasteiger partial charge in [-0.25, -0.2) is 4.99 Å². The number of benzene rings is 2. The van der Waals surface area contributed by atoms with Crippen molar-refractivity contribution in [1.29, 1.82) is 0 Å². The fourth-order valence-electron chi connectivity index (χ4n) is 2.13. The van der Waals surface area contributed by atoms with Crippen LogP contribution in [-0.2, 0) is 11.3 Å². The maximum atomic E-state index is 9.02. The Balaban J connectivity index is 1.82. The number of aliphatic hydroxyl groups excluding tert-OH is 1. The van der Waals surface area contributed by atoms with Crippen LogP contribution in [0.4, 0.5) is 0 Å². The van der Waals surface area contributed by atoms with Crippen molar-refractivity contribution < 1.29 is 9.84 Å². The zero-order chi connectivity index (χ0) is 13.1. The highest BCUT2D eigenvalue weighted by Gasteiger charge is 2.21. The summed E-state index contributed by atoms with van der Waals surface area (Å²) in [5, 5.41) is 9.02. The predicted octanol–water partition coefficient (Wildman–Crippen LogP) is 2.70. The van der Waals surface area contributed by atoms with E-state index in [4.69, 9.17) is 9.84 Å². The van der Waals surface area contributed by atoms with Gasteiger partial charge in [0.1, 0.15) is 12.6 Å². The van der Waals surface area contributed by atoms with E-state index < -0.39 is 0 Å². The van der Waals surface area contributed by atoms with Crippen LogP contribution >= 0.6 is 0 Å². The van der Waals surface area contributed by atoms with Gasteiger partial charge in [0.05, 0.1) is 6.61 Å². The lowest BCUT2D eigenvalue weighted by Crippen LogP contribution is -2.01. The summed E-state index contributed by atoms with van der Waals surface area (Å²) in [6.45, 7) is 0.640. The Labute approximate surface area is 112 Å². The van der Waals surface area contributed by atoms with E-state index in [0.717, 1.165) is 11.1 Å². The van der Waals surface area contributed by atoms with E-state index >= 15 is 0 Å². The highest BCUT2D eigenvalue weighted by molar-refractivity contribution is 5.95. The summed E-state index contributed by atoms with van der Waals surface area (Å²) in [5.74, 6) is 0.679. The monoisotopic (exact) mass is 253 g/mol. The van der Waals surface area contributed by atoms with Crippen molar-refractivity contribution in [1.82, 2.24) is 0 Å². The predicted molar refractivity (Wildman–Crippen MR) is 74.0 cm³/mol. The molecule has 2 aromatic rings. The molecule has 19 heavy (non-hydrogen) atoms. The Morgan fingerprint density at radius 3 is 2.47 bits per heavy atom. The number of ether oxygens (including phenoxy) is 1. The van der Waals surface area contributed by atoms with Gasteiger partial charge in [-0.2, -0.15) is 0 Å². The minimum Gasteiger partial charge on any atom is -0.475 e. The van der Waals surface area contributed by atoms with Crippen LogP contribution in [0.25, 0.3) is 0 Å². The van der Waals surface area contributed by atoms with E-state index in [1.165, 1.54) is 5.56 Å². The Hall–Kier alpha value is -2.13. The molecular weight excluding hydrogens is 238 g/mol. The van der Waals surface area contributed by atoms with Crippen molar-refractivity contribution >= 4 is 5.90 Å². The van der Waals surface area contributed by atoms with Gasteiger partial charge in [0.25, 0.3) is 0 Å². The Kier molecular flexibility index (Phi) is 3.29. The Bertz CT molecular complexity index is 575. The molecule has 1 atom stereocenters. The molecule has 0 spiro atoms.